The molecule has 0 fully saturated rings. The number of carboxylic acid groups (broad SMARTS) is 1. The van der Waals surface area contributed by atoms with Crippen LogP contribution in [0.1, 0.15) is 24.6 Å². The van der Waals surface area contributed by atoms with E-state index in [9.17, 15) is 4.79 Å². The van der Waals surface area contributed by atoms with Gasteiger partial charge in [0.05, 0.1) is 4.34 Å². The molecule has 0 spiro atoms. The first-order valence-corrected chi connectivity index (χ1v) is 6.49. The molecule has 0 radical (unpaired) electrons. The van der Waals surface area contributed by atoms with Crippen LogP contribution in [0.15, 0.2) is 12.1 Å². The third-order valence-corrected chi connectivity index (χ3v) is 3.54. The average molecular weight is 262 g/mol. The highest BCUT2D eigenvalue weighted by atomic mass is 35.5. The van der Waals surface area contributed by atoms with Crippen molar-refractivity contribution in [2.24, 2.45) is 0 Å². The van der Waals surface area contributed by atoms with Crippen LogP contribution >= 0.6 is 22.9 Å². The first kappa shape index (κ1) is 13.5. The predicted molar refractivity (Wildman–Crippen MR) is 67.1 cm³/mol. The fourth-order valence-electron chi connectivity index (χ4n) is 1.46. The number of carboxylic acids is 1. The second-order valence-electron chi connectivity index (χ2n) is 3.57. The number of thiophene rings is 1. The van der Waals surface area contributed by atoms with Gasteiger partial charge in [-0.3, -0.25) is 9.69 Å². The molecule has 1 aromatic heterocycles. The van der Waals surface area contributed by atoms with E-state index in [2.05, 4.69) is 11.8 Å². The van der Waals surface area contributed by atoms with Crippen molar-refractivity contribution in [1.82, 2.24) is 4.90 Å². The van der Waals surface area contributed by atoms with E-state index in [4.69, 9.17) is 16.7 Å². The Hall–Kier alpha value is -0.580. The summed E-state index contributed by atoms with van der Waals surface area (Å²) in [6, 6.07) is 3.92. The Morgan fingerprint density at radius 3 is 2.81 bits per heavy atom. The Balaban J connectivity index is 2.34. The third kappa shape index (κ3) is 4.96. The summed E-state index contributed by atoms with van der Waals surface area (Å²) in [6.07, 6.45) is 0.935. The smallest absolute Gasteiger partial charge is 0.303 e. The summed E-state index contributed by atoms with van der Waals surface area (Å²) in [6.45, 7) is 4.68. The molecule has 5 heteroatoms. The van der Waals surface area contributed by atoms with Gasteiger partial charge in [0.15, 0.2) is 0 Å². The summed E-state index contributed by atoms with van der Waals surface area (Å²) in [5, 5.41) is 8.56. The molecule has 1 rings (SSSR count). The number of hydrogen-bond donors (Lipinski definition) is 1. The van der Waals surface area contributed by atoms with Crippen molar-refractivity contribution in [3.8, 4) is 0 Å². The van der Waals surface area contributed by atoms with Gasteiger partial charge in [0.2, 0.25) is 0 Å². The Morgan fingerprint density at radius 2 is 2.31 bits per heavy atom. The molecule has 0 aliphatic rings. The Labute approximate surface area is 105 Å². The molecule has 0 amide bonds. The van der Waals surface area contributed by atoms with E-state index >= 15 is 0 Å². The number of nitrogens with zero attached hydrogens (tertiary/aromatic N) is 1. The molecule has 0 aliphatic heterocycles. The van der Waals surface area contributed by atoms with Crippen LogP contribution in [0.25, 0.3) is 0 Å². The number of rotatable bonds is 7. The van der Waals surface area contributed by atoms with Crippen LogP contribution in [0.5, 0.6) is 0 Å². The second-order valence-corrected chi connectivity index (χ2v) is 5.37. The van der Waals surface area contributed by atoms with Gasteiger partial charge in [0.25, 0.3) is 0 Å². The van der Waals surface area contributed by atoms with Gasteiger partial charge in [-0.2, -0.15) is 0 Å². The van der Waals surface area contributed by atoms with Crippen molar-refractivity contribution in [2.75, 3.05) is 13.1 Å². The van der Waals surface area contributed by atoms with Crippen LogP contribution in [0.2, 0.25) is 4.34 Å². The number of hydrogen-bond acceptors (Lipinski definition) is 3. The Kier molecular flexibility index (Phi) is 5.80. The minimum Gasteiger partial charge on any atom is -0.481 e. The summed E-state index contributed by atoms with van der Waals surface area (Å²) >= 11 is 7.43. The summed E-state index contributed by atoms with van der Waals surface area (Å²) in [5.74, 6) is -0.727. The van der Waals surface area contributed by atoms with Crippen molar-refractivity contribution in [1.29, 1.82) is 0 Å². The zero-order valence-corrected chi connectivity index (χ0v) is 10.9. The monoisotopic (exact) mass is 261 g/mol. The van der Waals surface area contributed by atoms with Gasteiger partial charge >= 0.3 is 5.97 Å². The van der Waals surface area contributed by atoms with Crippen LogP contribution in [0.4, 0.5) is 0 Å². The van der Waals surface area contributed by atoms with Gasteiger partial charge in [-0.15, -0.1) is 11.3 Å². The lowest BCUT2D eigenvalue weighted by molar-refractivity contribution is -0.137. The minimum atomic E-state index is -0.727. The van der Waals surface area contributed by atoms with E-state index < -0.39 is 5.97 Å². The molecule has 1 N–H and O–H groups in total. The number of aliphatic carboxylic acids is 1. The molecule has 0 saturated carbocycles. The van der Waals surface area contributed by atoms with Crippen molar-refractivity contribution in [2.45, 2.75) is 26.3 Å². The predicted octanol–water partition coefficient (Wildman–Crippen LogP) is 3.09. The van der Waals surface area contributed by atoms with Crippen molar-refractivity contribution in [3.63, 3.8) is 0 Å². The van der Waals surface area contributed by atoms with Crippen LogP contribution < -0.4 is 0 Å². The number of carbonyl (C=O) groups is 1. The maximum Gasteiger partial charge on any atom is 0.303 e. The first-order valence-electron chi connectivity index (χ1n) is 5.30. The molecule has 1 aromatic rings. The summed E-state index contributed by atoms with van der Waals surface area (Å²) in [5.41, 5.74) is 0. The van der Waals surface area contributed by atoms with E-state index in [0.29, 0.717) is 6.42 Å². The molecule has 1 heterocycles. The fraction of sp³-hybridized carbons (Fsp3) is 0.545. The molecule has 0 aliphatic carbocycles. The topological polar surface area (TPSA) is 40.5 Å². The van der Waals surface area contributed by atoms with Crippen LogP contribution in [-0.2, 0) is 11.3 Å². The lowest BCUT2D eigenvalue weighted by Gasteiger charge is -2.18. The molecule has 0 aromatic carbocycles. The molecule has 90 valence electrons. The van der Waals surface area contributed by atoms with Gasteiger partial charge in [-0.05, 0) is 31.6 Å². The van der Waals surface area contributed by atoms with E-state index in [1.807, 2.05) is 12.1 Å². The average Bonchev–Trinajstić information content (AvgIpc) is 2.62. The highest BCUT2D eigenvalue weighted by Gasteiger charge is 2.06. The Morgan fingerprint density at radius 1 is 1.56 bits per heavy atom. The zero-order valence-electron chi connectivity index (χ0n) is 9.28. The molecule has 16 heavy (non-hydrogen) atoms. The molecular formula is C11H16ClNO2S. The van der Waals surface area contributed by atoms with E-state index in [1.54, 1.807) is 11.3 Å². The maximum atomic E-state index is 10.4. The van der Waals surface area contributed by atoms with Crippen LogP contribution in [-0.4, -0.2) is 29.1 Å². The van der Waals surface area contributed by atoms with E-state index in [-0.39, 0.29) is 6.42 Å². The minimum absolute atomic E-state index is 0.238. The summed E-state index contributed by atoms with van der Waals surface area (Å²) < 4.78 is 0.802. The molecule has 3 nitrogen and oxygen atoms in total. The Bertz CT molecular complexity index is 340. The van der Waals surface area contributed by atoms with Gasteiger partial charge in [-0.25, -0.2) is 0 Å². The quantitative estimate of drug-likeness (QED) is 0.820. The number of halogens is 1. The molecule has 0 atom stereocenters. The normalized spacial score (nSPS) is 10.9. The van der Waals surface area contributed by atoms with Crippen molar-refractivity contribution < 1.29 is 9.90 Å². The first-order chi connectivity index (χ1) is 7.61. The SMILES string of the molecule is CCN(CCCC(=O)O)Cc1ccc(Cl)s1. The second kappa shape index (κ2) is 6.89. The molecular weight excluding hydrogens is 246 g/mol. The molecule has 0 unspecified atom stereocenters. The van der Waals surface area contributed by atoms with Gasteiger partial charge in [0.1, 0.15) is 0 Å². The summed E-state index contributed by atoms with van der Waals surface area (Å²) in [4.78, 5) is 13.8. The lowest BCUT2D eigenvalue weighted by Crippen LogP contribution is -2.24. The highest BCUT2D eigenvalue weighted by molar-refractivity contribution is 7.16. The van der Waals surface area contributed by atoms with E-state index in [1.165, 1.54) is 4.88 Å². The van der Waals surface area contributed by atoms with Crippen molar-refractivity contribution in [3.05, 3.63) is 21.3 Å². The summed E-state index contributed by atoms with van der Waals surface area (Å²) in [7, 11) is 0. The standard InChI is InChI=1S/C11H16ClNO2S/c1-2-13(7-3-4-11(14)15)8-9-5-6-10(12)16-9/h5-6H,2-4,7-8H2,1H3,(H,14,15). The van der Waals surface area contributed by atoms with Crippen molar-refractivity contribution >= 4 is 28.9 Å². The molecule has 0 bridgehead atoms. The fourth-order valence-corrected chi connectivity index (χ4v) is 2.59. The lowest BCUT2D eigenvalue weighted by atomic mass is 10.3. The van der Waals surface area contributed by atoms with Gasteiger partial charge in [0, 0.05) is 17.8 Å². The third-order valence-electron chi connectivity index (χ3n) is 2.32. The zero-order chi connectivity index (χ0) is 12.0. The highest BCUT2D eigenvalue weighted by Crippen LogP contribution is 2.22. The maximum absolute atomic E-state index is 10.4. The van der Waals surface area contributed by atoms with Gasteiger partial charge in [-0.1, -0.05) is 18.5 Å². The van der Waals surface area contributed by atoms with Crippen LogP contribution in [0, 0.1) is 0 Å². The van der Waals surface area contributed by atoms with E-state index in [0.717, 1.165) is 24.0 Å². The molecule has 0 saturated heterocycles. The largest absolute Gasteiger partial charge is 0.481 e. The van der Waals surface area contributed by atoms with Crippen LogP contribution in [0.3, 0.4) is 0 Å². The van der Waals surface area contributed by atoms with Gasteiger partial charge < -0.3 is 5.11 Å².